The molecule has 1 heterocycles. The van der Waals surface area contributed by atoms with Crippen molar-refractivity contribution in [3.63, 3.8) is 0 Å². The normalized spacial score (nSPS) is 11.4. The molecule has 8 heteroatoms. The van der Waals surface area contributed by atoms with Gasteiger partial charge in [-0.25, -0.2) is 4.68 Å². The van der Waals surface area contributed by atoms with Gasteiger partial charge in [-0.05, 0) is 58.6 Å². The summed E-state index contributed by atoms with van der Waals surface area (Å²) in [6.07, 6.45) is 0. The second-order valence-electron chi connectivity index (χ2n) is 5.88. The van der Waals surface area contributed by atoms with E-state index in [0.717, 1.165) is 31.0 Å². The van der Waals surface area contributed by atoms with Crippen LogP contribution in [0.4, 0.5) is 5.69 Å². The number of rotatable bonds is 8. The van der Waals surface area contributed by atoms with Gasteiger partial charge in [-0.15, -0.1) is 0 Å². The van der Waals surface area contributed by atoms with Gasteiger partial charge in [-0.3, -0.25) is 0 Å². The van der Waals surface area contributed by atoms with Crippen LogP contribution in [0.25, 0.3) is 5.69 Å². The number of hydrogen-bond acceptors (Lipinski definition) is 6. The molecule has 0 fully saturated rings. The summed E-state index contributed by atoms with van der Waals surface area (Å²) in [7, 11) is 8.28. The summed E-state index contributed by atoms with van der Waals surface area (Å²) in [6, 6.07) is 8.17. The summed E-state index contributed by atoms with van der Waals surface area (Å²) in [4.78, 5) is 6.58. The van der Waals surface area contributed by atoms with E-state index < -0.39 is 0 Å². The molecule has 2 rings (SSSR count). The number of H-pyrrole nitrogens is 1. The molecule has 1 aromatic carbocycles. The lowest BCUT2D eigenvalue weighted by Gasteiger charge is -2.27. The second kappa shape index (κ2) is 8.19. The van der Waals surface area contributed by atoms with Crippen LogP contribution in [0.1, 0.15) is 0 Å². The van der Waals surface area contributed by atoms with Crippen molar-refractivity contribution in [2.24, 2.45) is 0 Å². The average molecular weight is 334 g/mol. The SMILES string of the molecule is CN(C)C[CH]N(CCN(C)C)c1cccc(-n2[nH]nnc2=S)c1. The Bertz CT molecular complexity index is 650. The van der Waals surface area contributed by atoms with E-state index in [4.69, 9.17) is 12.2 Å². The number of benzene rings is 1. The molecule has 0 atom stereocenters. The number of likely N-dealkylation sites (N-methyl/N-ethyl adjacent to an activating group) is 2. The molecule has 0 saturated carbocycles. The molecule has 1 N–H and O–H groups in total. The summed E-state index contributed by atoms with van der Waals surface area (Å²) in [5.41, 5.74) is 2.04. The first-order chi connectivity index (χ1) is 11.0. The first-order valence-electron chi connectivity index (χ1n) is 7.47. The molecule has 0 aliphatic rings. The fraction of sp³-hybridized carbons (Fsp3) is 0.467. The van der Waals surface area contributed by atoms with Crippen LogP contribution in [0.2, 0.25) is 0 Å². The van der Waals surface area contributed by atoms with Gasteiger partial charge in [0, 0.05) is 25.3 Å². The van der Waals surface area contributed by atoms with E-state index in [1.807, 2.05) is 12.1 Å². The van der Waals surface area contributed by atoms with Crippen LogP contribution in [-0.2, 0) is 0 Å². The smallest absolute Gasteiger partial charge is 0.242 e. The highest BCUT2D eigenvalue weighted by Gasteiger charge is 2.10. The molecule has 0 saturated heterocycles. The Labute approximate surface area is 142 Å². The van der Waals surface area contributed by atoms with Gasteiger partial charge in [-0.1, -0.05) is 16.4 Å². The molecule has 0 spiro atoms. The summed E-state index contributed by atoms with van der Waals surface area (Å²) in [6.45, 7) is 4.96. The zero-order chi connectivity index (χ0) is 16.8. The van der Waals surface area contributed by atoms with Crippen LogP contribution in [0, 0.1) is 11.3 Å². The first-order valence-corrected chi connectivity index (χ1v) is 7.88. The number of nitrogens with one attached hydrogen (secondary N) is 1. The van der Waals surface area contributed by atoms with Crippen LogP contribution in [0.3, 0.4) is 0 Å². The Morgan fingerprint density at radius 3 is 2.57 bits per heavy atom. The Kier molecular flexibility index (Phi) is 6.26. The maximum Gasteiger partial charge on any atom is 0.242 e. The molecule has 7 nitrogen and oxygen atoms in total. The van der Waals surface area contributed by atoms with Crippen LogP contribution in [-0.4, -0.2) is 77.8 Å². The minimum atomic E-state index is 0.416. The molecule has 0 aliphatic carbocycles. The third-order valence-electron chi connectivity index (χ3n) is 3.35. The minimum absolute atomic E-state index is 0.416. The van der Waals surface area contributed by atoms with E-state index in [1.54, 1.807) is 4.68 Å². The monoisotopic (exact) mass is 334 g/mol. The Hall–Kier alpha value is -1.77. The first kappa shape index (κ1) is 17.6. The lowest BCUT2D eigenvalue weighted by molar-refractivity contribution is 0.406. The number of nitrogens with zero attached hydrogens (tertiary/aromatic N) is 6. The van der Waals surface area contributed by atoms with Gasteiger partial charge < -0.3 is 14.7 Å². The van der Waals surface area contributed by atoms with Crippen molar-refractivity contribution in [2.75, 3.05) is 52.7 Å². The van der Waals surface area contributed by atoms with E-state index in [1.165, 1.54) is 0 Å². The Balaban J connectivity index is 2.23. The van der Waals surface area contributed by atoms with E-state index in [9.17, 15) is 0 Å². The van der Waals surface area contributed by atoms with Crippen molar-refractivity contribution in [1.29, 1.82) is 0 Å². The number of aromatic nitrogens is 4. The summed E-state index contributed by atoms with van der Waals surface area (Å²) in [5, 5.41) is 10.4. The Morgan fingerprint density at radius 2 is 1.96 bits per heavy atom. The molecule has 2 aromatic rings. The predicted octanol–water partition coefficient (Wildman–Crippen LogP) is 1.42. The molecule has 0 amide bonds. The van der Waals surface area contributed by atoms with Crippen LogP contribution in [0.5, 0.6) is 0 Å². The van der Waals surface area contributed by atoms with Gasteiger partial charge in [0.15, 0.2) is 0 Å². The molecule has 1 aromatic heterocycles. The maximum absolute atomic E-state index is 5.17. The standard InChI is InChI=1S/C15H24N7S/c1-19(2)8-10-21(11-9-20(3)4)13-6-5-7-14(12-13)22-15(23)16-17-18-22/h5-7,10,12H,8-9,11H2,1-4H3,(H,16,18,23). The maximum atomic E-state index is 5.17. The topological polar surface area (TPSA) is 56.2 Å². The highest BCUT2D eigenvalue weighted by atomic mass is 32.1. The number of anilines is 1. The summed E-state index contributed by atoms with van der Waals surface area (Å²) < 4.78 is 2.11. The zero-order valence-corrected chi connectivity index (χ0v) is 14.9. The molecule has 0 aliphatic heterocycles. The van der Waals surface area contributed by atoms with E-state index in [-0.39, 0.29) is 0 Å². The van der Waals surface area contributed by atoms with Crippen molar-refractivity contribution in [1.82, 2.24) is 30.0 Å². The fourth-order valence-electron chi connectivity index (χ4n) is 2.07. The van der Waals surface area contributed by atoms with Crippen LogP contribution < -0.4 is 4.90 Å². The van der Waals surface area contributed by atoms with Crippen LogP contribution >= 0.6 is 12.2 Å². The molecular weight excluding hydrogens is 310 g/mol. The average Bonchev–Trinajstić information content (AvgIpc) is 2.93. The van der Waals surface area contributed by atoms with Gasteiger partial charge in [-0.2, -0.15) is 5.21 Å². The molecule has 0 unspecified atom stereocenters. The lowest BCUT2D eigenvalue weighted by Crippen LogP contribution is -2.33. The highest BCUT2D eigenvalue weighted by Crippen LogP contribution is 2.19. The molecule has 1 radical (unpaired) electrons. The number of hydrogen-bond donors (Lipinski definition) is 1. The number of tetrazole rings is 1. The molecule has 0 bridgehead atoms. The van der Waals surface area contributed by atoms with Crippen molar-refractivity contribution in [3.05, 3.63) is 35.6 Å². The van der Waals surface area contributed by atoms with E-state index in [2.05, 4.69) is 77.1 Å². The summed E-state index contributed by atoms with van der Waals surface area (Å²) in [5.74, 6) is 0. The molecular formula is C15H24N7S. The van der Waals surface area contributed by atoms with Crippen molar-refractivity contribution < 1.29 is 0 Å². The second-order valence-corrected chi connectivity index (χ2v) is 6.24. The van der Waals surface area contributed by atoms with E-state index in [0.29, 0.717) is 4.77 Å². The van der Waals surface area contributed by atoms with Crippen molar-refractivity contribution in [3.8, 4) is 5.69 Å². The van der Waals surface area contributed by atoms with Gasteiger partial charge in [0.2, 0.25) is 4.77 Å². The summed E-state index contributed by atoms with van der Waals surface area (Å²) >= 11 is 5.17. The zero-order valence-electron chi connectivity index (χ0n) is 14.1. The largest absolute Gasteiger partial charge is 0.364 e. The van der Waals surface area contributed by atoms with Gasteiger partial charge in [0.1, 0.15) is 0 Å². The predicted molar refractivity (Wildman–Crippen MR) is 95.3 cm³/mol. The van der Waals surface area contributed by atoms with Crippen LogP contribution in [0.15, 0.2) is 24.3 Å². The highest BCUT2D eigenvalue weighted by molar-refractivity contribution is 7.71. The van der Waals surface area contributed by atoms with Gasteiger partial charge >= 0.3 is 0 Å². The quantitative estimate of drug-likeness (QED) is 0.737. The number of aromatic amines is 1. The van der Waals surface area contributed by atoms with Gasteiger partial charge in [0.05, 0.1) is 12.2 Å². The Morgan fingerprint density at radius 1 is 1.17 bits per heavy atom. The lowest BCUT2D eigenvalue weighted by atomic mass is 10.2. The van der Waals surface area contributed by atoms with Crippen molar-refractivity contribution in [2.45, 2.75) is 0 Å². The van der Waals surface area contributed by atoms with Crippen molar-refractivity contribution >= 4 is 17.9 Å². The van der Waals surface area contributed by atoms with Gasteiger partial charge in [0.25, 0.3) is 0 Å². The minimum Gasteiger partial charge on any atom is -0.364 e. The third-order valence-corrected chi connectivity index (χ3v) is 3.61. The van der Waals surface area contributed by atoms with E-state index >= 15 is 0 Å². The third kappa shape index (κ3) is 5.12. The fourth-order valence-corrected chi connectivity index (χ4v) is 2.26. The molecule has 23 heavy (non-hydrogen) atoms. The molecule has 125 valence electrons.